The van der Waals surface area contributed by atoms with Crippen LogP contribution in [0.4, 0.5) is 11.4 Å². The number of aryl methyl sites for hydroxylation is 1. The molecule has 3 aromatic carbocycles. The molecule has 0 fully saturated rings. The van der Waals surface area contributed by atoms with Crippen molar-refractivity contribution in [1.29, 1.82) is 0 Å². The lowest BCUT2D eigenvalue weighted by atomic mass is 10.0. The van der Waals surface area contributed by atoms with Crippen LogP contribution in [0.5, 0.6) is 0 Å². The molecule has 1 amide bonds. The smallest absolute Gasteiger partial charge is 0.264 e. The highest BCUT2D eigenvalue weighted by Crippen LogP contribution is 2.32. The molecule has 0 radical (unpaired) electrons. The molecule has 0 atom stereocenters. The minimum atomic E-state index is -3.85. The Bertz CT molecular complexity index is 1270. The molecule has 0 saturated heterocycles. The second-order valence-corrected chi connectivity index (χ2v) is 9.02. The summed E-state index contributed by atoms with van der Waals surface area (Å²) in [6, 6.07) is 18.8. The van der Waals surface area contributed by atoms with Crippen LogP contribution in [0, 0.1) is 0 Å². The highest BCUT2D eigenvalue weighted by molar-refractivity contribution is 7.92. The number of nitrogens with one attached hydrogen (secondary N) is 1. The zero-order valence-corrected chi connectivity index (χ0v) is 17.3. The molecule has 1 aliphatic rings. The van der Waals surface area contributed by atoms with E-state index in [1.54, 1.807) is 12.1 Å². The van der Waals surface area contributed by atoms with E-state index in [-0.39, 0.29) is 21.7 Å². The van der Waals surface area contributed by atoms with Gasteiger partial charge in [0, 0.05) is 17.8 Å². The van der Waals surface area contributed by atoms with Crippen molar-refractivity contribution in [2.75, 3.05) is 16.2 Å². The van der Waals surface area contributed by atoms with Gasteiger partial charge in [-0.3, -0.25) is 9.10 Å². The standard InChI is InChI=1S/C23H20N2O5S/c26-22(24-19-10-3-8-18(14-19)23(27)28)17-7-4-11-20(15-17)31(29,30)25-13-5-9-16-6-1-2-12-21(16)25/h1-4,6-8,10-12,14-15H,5,9,13H2,(H,24,26)(H,27,28)/p-1. The van der Waals surface area contributed by atoms with Gasteiger partial charge in [0.2, 0.25) is 0 Å². The summed E-state index contributed by atoms with van der Waals surface area (Å²) in [5.41, 5.74) is 1.97. The number of para-hydroxylation sites is 1. The molecule has 0 spiro atoms. The molecule has 1 N–H and O–H groups in total. The van der Waals surface area contributed by atoms with Crippen molar-refractivity contribution in [1.82, 2.24) is 0 Å². The second-order valence-electron chi connectivity index (χ2n) is 7.16. The number of nitrogens with zero attached hydrogens (tertiary/aromatic N) is 1. The number of hydrogen-bond donors (Lipinski definition) is 1. The van der Waals surface area contributed by atoms with Gasteiger partial charge in [-0.25, -0.2) is 8.42 Å². The second kappa shape index (κ2) is 8.23. The van der Waals surface area contributed by atoms with Crippen LogP contribution in [0.2, 0.25) is 0 Å². The third-order valence-electron chi connectivity index (χ3n) is 5.11. The third-order valence-corrected chi connectivity index (χ3v) is 6.92. The highest BCUT2D eigenvalue weighted by atomic mass is 32.2. The van der Waals surface area contributed by atoms with Crippen molar-refractivity contribution in [3.63, 3.8) is 0 Å². The predicted octanol–water partition coefficient (Wildman–Crippen LogP) is 2.44. The number of carbonyl (C=O) groups excluding carboxylic acids is 2. The van der Waals surface area contributed by atoms with Crippen molar-refractivity contribution in [2.45, 2.75) is 17.7 Å². The van der Waals surface area contributed by atoms with Crippen molar-refractivity contribution in [3.05, 3.63) is 89.5 Å². The van der Waals surface area contributed by atoms with Crippen LogP contribution in [0.3, 0.4) is 0 Å². The van der Waals surface area contributed by atoms with Crippen molar-refractivity contribution >= 4 is 33.3 Å². The first kappa shape index (κ1) is 20.6. The highest BCUT2D eigenvalue weighted by Gasteiger charge is 2.29. The Morgan fingerprint density at radius 2 is 1.65 bits per heavy atom. The number of rotatable bonds is 5. The van der Waals surface area contributed by atoms with Gasteiger partial charge in [0.05, 0.1) is 16.6 Å². The average molecular weight is 435 g/mol. The van der Waals surface area contributed by atoms with Crippen LogP contribution in [0.15, 0.2) is 77.7 Å². The maximum absolute atomic E-state index is 13.3. The Balaban J connectivity index is 1.62. The number of benzene rings is 3. The van der Waals surface area contributed by atoms with Crippen molar-refractivity contribution in [2.24, 2.45) is 0 Å². The minimum absolute atomic E-state index is 0.0142. The van der Waals surface area contributed by atoms with E-state index >= 15 is 0 Å². The van der Waals surface area contributed by atoms with E-state index in [9.17, 15) is 23.1 Å². The molecule has 0 aliphatic carbocycles. The van der Waals surface area contributed by atoms with Gasteiger partial charge in [-0.2, -0.15) is 0 Å². The zero-order chi connectivity index (χ0) is 22.0. The SMILES string of the molecule is O=C([O-])c1cccc(NC(=O)c2cccc(S(=O)(=O)N3CCCc4ccccc43)c2)c1. The van der Waals surface area contributed by atoms with Crippen LogP contribution in [0.25, 0.3) is 0 Å². The predicted molar refractivity (Wildman–Crippen MR) is 114 cm³/mol. The van der Waals surface area contributed by atoms with Crippen LogP contribution >= 0.6 is 0 Å². The molecule has 31 heavy (non-hydrogen) atoms. The van der Waals surface area contributed by atoms with Gasteiger partial charge in [-0.1, -0.05) is 36.4 Å². The number of carboxylic acid groups (broad SMARTS) is 1. The summed E-state index contributed by atoms with van der Waals surface area (Å²) >= 11 is 0. The molecule has 0 saturated carbocycles. The first-order chi connectivity index (χ1) is 14.9. The fraction of sp³-hybridized carbons (Fsp3) is 0.130. The Morgan fingerprint density at radius 3 is 2.45 bits per heavy atom. The summed E-state index contributed by atoms with van der Waals surface area (Å²) in [4.78, 5) is 23.7. The number of carbonyl (C=O) groups is 2. The molecule has 0 unspecified atom stereocenters. The number of amides is 1. The van der Waals surface area contributed by atoms with Gasteiger partial charge in [0.15, 0.2) is 0 Å². The van der Waals surface area contributed by atoms with Crippen molar-refractivity contribution in [3.8, 4) is 0 Å². The molecule has 3 aromatic rings. The maximum Gasteiger partial charge on any atom is 0.264 e. The molecular weight excluding hydrogens is 416 g/mol. The largest absolute Gasteiger partial charge is 0.545 e. The molecule has 158 valence electrons. The molecule has 8 heteroatoms. The van der Waals surface area contributed by atoms with E-state index < -0.39 is 21.9 Å². The van der Waals surface area contributed by atoms with Crippen LogP contribution in [-0.2, 0) is 16.4 Å². The Morgan fingerprint density at radius 1 is 0.903 bits per heavy atom. The summed E-state index contributed by atoms with van der Waals surface area (Å²) in [6.45, 7) is 0.367. The van der Waals surface area contributed by atoms with E-state index in [0.29, 0.717) is 18.7 Å². The van der Waals surface area contributed by atoms with E-state index in [0.717, 1.165) is 12.0 Å². The lowest BCUT2D eigenvalue weighted by Gasteiger charge is -2.30. The van der Waals surface area contributed by atoms with Gasteiger partial charge in [-0.05, 0) is 60.4 Å². The fourth-order valence-corrected chi connectivity index (χ4v) is 5.19. The Labute approximate surface area is 180 Å². The summed E-state index contributed by atoms with van der Waals surface area (Å²) < 4.78 is 28.0. The number of aromatic carboxylic acids is 1. The first-order valence-corrected chi connectivity index (χ1v) is 11.1. The Kier molecular flexibility index (Phi) is 5.48. The topological polar surface area (TPSA) is 107 Å². The number of fused-ring (bicyclic) bond motifs is 1. The summed E-state index contributed by atoms with van der Waals surface area (Å²) in [6.07, 6.45) is 1.53. The number of sulfonamides is 1. The van der Waals surface area contributed by atoms with E-state index in [1.165, 1.54) is 52.8 Å². The molecule has 4 rings (SSSR count). The van der Waals surface area contributed by atoms with Crippen LogP contribution < -0.4 is 14.7 Å². The molecule has 0 bridgehead atoms. The van der Waals surface area contributed by atoms with Crippen molar-refractivity contribution < 1.29 is 23.1 Å². The quantitative estimate of drug-likeness (QED) is 0.663. The molecular formula is C23H19N2O5S-. The molecule has 1 aliphatic heterocycles. The maximum atomic E-state index is 13.3. The third kappa shape index (κ3) is 4.15. The fourth-order valence-electron chi connectivity index (χ4n) is 3.60. The van der Waals surface area contributed by atoms with E-state index in [2.05, 4.69) is 5.32 Å². The molecule has 1 heterocycles. The van der Waals surface area contributed by atoms with E-state index in [4.69, 9.17) is 0 Å². The number of carboxylic acids is 1. The monoisotopic (exact) mass is 435 g/mol. The van der Waals surface area contributed by atoms with Gasteiger partial charge in [0.1, 0.15) is 0 Å². The zero-order valence-electron chi connectivity index (χ0n) is 16.4. The van der Waals surface area contributed by atoms with Crippen LogP contribution in [-0.4, -0.2) is 26.8 Å². The number of hydrogen-bond acceptors (Lipinski definition) is 5. The van der Waals surface area contributed by atoms with Gasteiger partial charge in [0.25, 0.3) is 15.9 Å². The summed E-state index contributed by atoms with van der Waals surface area (Å²) in [7, 11) is -3.85. The summed E-state index contributed by atoms with van der Waals surface area (Å²) in [5, 5.41) is 13.6. The summed E-state index contributed by atoms with van der Waals surface area (Å²) in [5.74, 6) is -1.91. The lowest BCUT2D eigenvalue weighted by Crippen LogP contribution is -2.35. The first-order valence-electron chi connectivity index (χ1n) is 9.70. The average Bonchev–Trinajstić information content (AvgIpc) is 2.79. The molecule has 0 aromatic heterocycles. The van der Waals surface area contributed by atoms with E-state index in [1.807, 2.05) is 12.1 Å². The minimum Gasteiger partial charge on any atom is -0.545 e. The Hall–Kier alpha value is -3.65. The van der Waals surface area contributed by atoms with Crippen LogP contribution in [0.1, 0.15) is 32.7 Å². The lowest BCUT2D eigenvalue weighted by molar-refractivity contribution is -0.255. The molecule has 7 nitrogen and oxygen atoms in total. The van der Waals surface area contributed by atoms with Gasteiger partial charge < -0.3 is 15.2 Å². The van der Waals surface area contributed by atoms with Gasteiger partial charge in [-0.15, -0.1) is 0 Å². The normalized spacial score (nSPS) is 13.4. The van der Waals surface area contributed by atoms with Gasteiger partial charge >= 0.3 is 0 Å². The number of anilines is 2.